The molecule has 1 unspecified atom stereocenters. The predicted molar refractivity (Wildman–Crippen MR) is 108 cm³/mol. The number of anilines is 1. The zero-order chi connectivity index (χ0) is 19.1. The van der Waals surface area contributed by atoms with Gasteiger partial charge in [-0.05, 0) is 57.1 Å². The highest BCUT2D eigenvalue weighted by atomic mass is 32.1. The van der Waals surface area contributed by atoms with E-state index in [1.54, 1.807) is 6.26 Å². The van der Waals surface area contributed by atoms with Crippen LogP contribution >= 0.6 is 12.2 Å². The number of nitrogens with zero attached hydrogens (tertiary/aromatic N) is 3. The number of guanidine groups is 1. The van der Waals surface area contributed by atoms with Crippen LogP contribution < -0.4 is 16.0 Å². The number of ether oxygens (including phenoxy) is 1. The SMILES string of the molecule is Cc1cc(C)nc(NC(=NCC2CCCO2)NC(=S)NCc2ccco2)n1. The second kappa shape index (κ2) is 9.43. The molecule has 3 rings (SSSR count). The minimum Gasteiger partial charge on any atom is -0.467 e. The lowest BCUT2D eigenvalue weighted by atomic mass is 10.2. The van der Waals surface area contributed by atoms with E-state index in [0.717, 1.165) is 36.6 Å². The van der Waals surface area contributed by atoms with E-state index in [0.29, 0.717) is 30.1 Å². The van der Waals surface area contributed by atoms with Crippen molar-refractivity contribution in [1.82, 2.24) is 20.6 Å². The molecule has 8 nitrogen and oxygen atoms in total. The molecule has 2 aromatic rings. The number of furan rings is 1. The van der Waals surface area contributed by atoms with Crippen LogP contribution in [0.4, 0.5) is 5.95 Å². The standard InChI is InChI=1S/C18H24N6O2S/c1-12-9-13(2)22-17(21-12)23-16(19-10-14-5-3-7-25-14)24-18(27)20-11-15-6-4-8-26-15/h4,6,8-9,14H,3,5,7,10-11H2,1-2H3,(H3,19,20,21,22,23,24,27). The van der Waals surface area contributed by atoms with Gasteiger partial charge in [-0.2, -0.15) is 0 Å². The van der Waals surface area contributed by atoms with E-state index in [-0.39, 0.29) is 6.10 Å². The van der Waals surface area contributed by atoms with Crippen LogP contribution in [-0.4, -0.2) is 40.3 Å². The van der Waals surface area contributed by atoms with Crippen molar-refractivity contribution >= 4 is 29.2 Å². The van der Waals surface area contributed by atoms with Crippen molar-refractivity contribution in [3.8, 4) is 0 Å². The van der Waals surface area contributed by atoms with Crippen LogP contribution in [0.25, 0.3) is 0 Å². The van der Waals surface area contributed by atoms with Crippen molar-refractivity contribution in [2.45, 2.75) is 39.3 Å². The number of hydrogen-bond acceptors (Lipinski definition) is 6. The van der Waals surface area contributed by atoms with E-state index in [4.69, 9.17) is 21.4 Å². The lowest BCUT2D eigenvalue weighted by Crippen LogP contribution is -2.43. The second-order valence-corrected chi connectivity index (χ2v) is 6.72. The topological polar surface area (TPSA) is 96.6 Å². The summed E-state index contributed by atoms with van der Waals surface area (Å²) in [4.78, 5) is 13.4. The Bertz CT molecular complexity index is 767. The van der Waals surface area contributed by atoms with Gasteiger partial charge in [-0.1, -0.05) is 0 Å². The fraction of sp³-hybridized carbons (Fsp3) is 0.444. The summed E-state index contributed by atoms with van der Waals surface area (Å²) in [5, 5.41) is 9.70. The smallest absolute Gasteiger partial charge is 0.229 e. The van der Waals surface area contributed by atoms with Crippen molar-refractivity contribution in [3.05, 3.63) is 41.6 Å². The third-order valence-corrected chi connectivity index (χ3v) is 4.17. The Morgan fingerprint density at radius 2 is 2.15 bits per heavy atom. The number of rotatable bonds is 5. The van der Waals surface area contributed by atoms with Crippen LogP contribution in [0.2, 0.25) is 0 Å². The average molecular weight is 388 g/mol. The first-order valence-corrected chi connectivity index (χ1v) is 9.32. The Morgan fingerprint density at radius 3 is 2.81 bits per heavy atom. The number of aromatic nitrogens is 2. The number of aryl methyl sites for hydroxylation is 2. The van der Waals surface area contributed by atoms with E-state index in [1.807, 2.05) is 32.0 Å². The molecular formula is C18H24N6O2S. The van der Waals surface area contributed by atoms with Gasteiger partial charge in [0.1, 0.15) is 5.76 Å². The van der Waals surface area contributed by atoms with Crippen molar-refractivity contribution in [2.24, 2.45) is 4.99 Å². The van der Waals surface area contributed by atoms with Gasteiger partial charge < -0.3 is 19.8 Å². The predicted octanol–water partition coefficient (Wildman–Crippen LogP) is 2.30. The monoisotopic (exact) mass is 388 g/mol. The molecule has 3 heterocycles. The number of aliphatic imine (C=N–C) groups is 1. The van der Waals surface area contributed by atoms with Crippen LogP contribution in [0.15, 0.2) is 33.9 Å². The Labute approximate surface area is 163 Å². The third kappa shape index (κ3) is 6.30. The minimum absolute atomic E-state index is 0.133. The zero-order valence-corrected chi connectivity index (χ0v) is 16.3. The fourth-order valence-corrected chi connectivity index (χ4v) is 2.88. The number of thiocarbonyl (C=S) groups is 1. The van der Waals surface area contributed by atoms with Gasteiger partial charge in [-0.15, -0.1) is 0 Å². The lowest BCUT2D eigenvalue weighted by molar-refractivity contribution is 0.118. The molecule has 0 aromatic carbocycles. The van der Waals surface area contributed by atoms with Crippen molar-refractivity contribution in [2.75, 3.05) is 18.5 Å². The molecule has 1 atom stereocenters. The molecule has 144 valence electrons. The largest absolute Gasteiger partial charge is 0.467 e. The van der Waals surface area contributed by atoms with Crippen LogP contribution in [0, 0.1) is 13.8 Å². The Morgan fingerprint density at radius 1 is 1.33 bits per heavy atom. The summed E-state index contributed by atoms with van der Waals surface area (Å²) in [5.74, 6) is 1.75. The van der Waals surface area contributed by atoms with Gasteiger partial charge in [-0.25, -0.2) is 15.0 Å². The number of hydrogen-bond donors (Lipinski definition) is 3. The molecule has 0 bridgehead atoms. The summed E-state index contributed by atoms with van der Waals surface area (Å²) in [6.45, 7) is 5.66. The van der Waals surface area contributed by atoms with Gasteiger partial charge in [0.05, 0.1) is 25.5 Å². The van der Waals surface area contributed by atoms with E-state index >= 15 is 0 Å². The normalized spacial score (nSPS) is 17.0. The second-order valence-electron chi connectivity index (χ2n) is 6.31. The Kier molecular flexibility index (Phi) is 6.72. The summed E-state index contributed by atoms with van der Waals surface area (Å²) in [7, 11) is 0. The quantitative estimate of drug-likeness (QED) is 0.408. The summed E-state index contributed by atoms with van der Waals surface area (Å²) < 4.78 is 10.9. The molecule has 1 aliphatic rings. The molecule has 0 radical (unpaired) electrons. The van der Waals surface area contributed by atoms with Crippen molar-refractivity contribution < 1.29 is 9.15 Å². The van der Waals surface area contributed by atoms with E-state index in [9.17, 15) is 0 Å². The van der Waals surface area contributed by atoms with E-state index in [2.05, 4.69) is 30.9 Å². The fourth-order valence-electron chi connectivity index (χ4n) is 2.71. The minimum atomic E-state index is 0.133. The lowest BCUT2D eigenvalue weighted by Gasteiger charge is -2.15. The van der Waals surface area contributed by atoms with Crippen molar-refractivity contribution in [3.63, 3.8) is 0 Å². The summed E-state index contributed by atoms with van der Waals surface area (Å²) in [5.41, 5.74) is 1.75. The first-order valence-electron chi connectivity index (χ1n) is 8.91. The Hall–Kier alpha value is -2.52. The molecule has 0 aliphatic carbocycles. The highest BCUT2D eigenvalue weighted by Gasteiger charge is 2.15. The molecule has 9 heteroatoms. The van der Waals surface area contributed by atoms with E-state index < -0.39 is 0 Å². The Balaban J connectivity index is 1.64. The molecule has 1 saturated heterocycles. The molecular weight excluding hydrogens is 364 g/mol. The van der Waals surface area contributed by atoms with Gasteiger partial charge >= 0.3 is 0 Å². The molecule has 0 saturated carbocycles. The third-order valence-electron chi connectivity index (χ3n) is 3.92. The number of nitrogens with one attached hydrogen (secondary N) is 3. The van der Waals surface area contributed by atoms with Crippen LogP contribution in [-0.2, 0) is 11.3 Å². The molecule has 0 spiro atoms. The molecule has 27 heavy (non-hydrogen) atoms. The van der Waals surface area contributed by atoms with Gasteiger partial charge in [-0.3, -0.25) is 5.32 Å². The maximum Gasteiger partial charge on any atom is 0.229 e. The van der Waals surface area contributed by atoms with Gasteiger partial charge in [0.2, 0.25) is 11.9 Å². The van der Waals surface area contributed by atoms with Gasteiger partial charge in [0.15, 0.2) is 5.11 Å². The molecule has 2 aromatic heterocycles. The summed E-state index contributed by atoms with van der Waals surface area (Å²) >= 11 is 5.36. The molecule has 1 aliphatic heterocycles. The van der Waals surface area contributed by atoms with Gasteiger partial charge in [0, 0.05) is 18.0 Å². The van der Waals surface area contributed by atoms with Crippen LogP contribution in [0.1, 0.15) is 30.0 Å². The maximum absolute atomic E-state index is 5.64. The first-order chi connectivity index (χ1) is 13.1. The zero-order valence-electron chi connectivity index (χ0n) is 15.5. The maximum atomic E-state index is 5.64. The summed E-state index contributed by atoms with van der Waals surface area (Å²) in [6.07, 6.45) is 3.84. The van der Waals surface area contributed by atoms with E-state index in [1.165, 1.54) is 0 Å². The van der Waals surface area contributed by atoms with Crippen LogP contribution in [0.5, 0.6) is 0 Å². The highest BCUT2D eigenvalue weighted by molar-refractivity contribution is 7.80. The first kappa shape index (κ1) is 19.2. The average Bonchev–Trinajstić information content (AvgIpc) is 3.31. The molecule has 3 N–H and O–H groups in total. The molecule has 1 fully saturated rings. The molecule has 0 amide bonds. The van der Waals surface area contributed by atoms with Gasteiger partial charge in [0.25, 0.3) is 0 Å². The van der Waals surface area contributed by atoms with Crippen LogP contribution in [0.3, 0.4) is 0 Å². The summed E-state index contributed by atoms with van der Waals surface area (Å²) in [6, 6.07) is 5.63. The highest BCUT2D eigenvalue weighted by Crippen LogP contribution is 2.12. The van der Waals surface area contributed by atoms with Crippen molar-refractivity contribution in [1.29, 1.82) is 0 Å².